The first kappa shape index (κ1) is 18.2. The highest BCUT2D eigenvalue weighted by Crippen LogP contribution is 2.57. The minimum Gasteiger partial charge on any atom is -0.388 e. The van der Waals surface area contributed by atoms with Crippen molar-refractivity contribution in [2.45, 2.75) is 72.3 Å². The van der Waals surface area contributed by atoms with Gasteiger partial charge < -0.3 is 5.11 Å². The number of fused-ring (bicyclic) bond motifs is 1. The maximum Gasteiger partial charge on any atom is 0.159 e. The van der Waals surface area contributed by atoms with E-state index in [1.54, 1.807) is 0 Å². The Morgan fingerprint density at radius 3 is 2.74 bits per heavy atom. The molecule has 2 heteroatoms. The zero-order valence-corrected chi connectivity index (χ0v) is 15.2. The summed E-state index contributed by atoms with van der Waals surface area (Å²) in [6, 6.07) is 0. The number of ketones is 1. The van der Waals surface area contributed by atoms with Crippen molar-refractivity contribution in [3.63, 3.8) is 0 Å². The predicted molar refractivity (Wildman–Crippen MR) is 96.1 cm³/mol. The molecule has 3 unspecified atom stereocenters. The summed E-state index contributed by atoms with van der Waals surface area (Å²) < 4.78 is 0. The molecule has 0 bridgehead atoms. The Morgan fingerprint density at radius 1 is 1.52 bits per heavy atom. The van der Waals surface area contributed by atoms with E-state index in [0.717, 1.165) is 43.3 Å². The third-order valence-electron chi connectivity index (χ3n) is 6.50. The maximum atomic E-state index is 12.5. The van der Waals surface area contributed by atoms with Crippen LogP contribution in [0.3, 0.4) is 0 Å². The highest BCUT2D eigenvalue weighted by atomic mass is 16.3. The summed E-state index contributed by atoms with van der Waals surface area (Å²) in [6.07, 6.45) is 6.45. The second-order valence-corrected chi connectivity index (χ2v) is 7.89. The smallest absolute Gasteiger partial charge is 0.159 e. The minimum atomic E-state index is -0.651. The standard InChI is InChI=1S/C21H32O2/c1-7-11-20(6,8-2)19(23)16(5)21-12-9-14(3)15(4)18(21)17(22)10-13-21/h8,14,19,23H,2,5,7,9-13H2,1,3-4,6H3/t14?,19?,20-,21?/m0/s1. The van der Waals surface area contributed by atoms with E-state index in [4.69, 9.17) is 0 Å². The van der Waals surface area contributed by atoms with Gasteiger partial charge in [0.15, 0.2) is 5.78 Å². The number of rotatable bonds is 6. The van der Waals surface area contributed by atoms with Crippen molar-refractivity contribution in [2.24, 2.45) is 16.7 Å². The Kier molecular flexibility index (Phi) is 5.06. The van der Waals surface area contributed by atoms with Crippen LogP contribution < -0.4 is 0 Å². The summed E-state index contributed by atoms with van der Waals surface area (Å²) in [5.41, 5.74) is 2.31. The molecule has 2 aliphatic carbocycles. The second-order valence-electron chi connectivity index (χ2n) is 7.89. The molecule has 0 aromatic heterocycles. The van der Waals surface area contributed by atoms with E-state index >= 15 is 0 Å². The molecule has 2 nitrogen and oxygen atoms in total. The quantitative estimate of drug-likeness (QED) is 0.701. The molecule has 0 aromatic rings. The van der Waals surface area contributed by atoms with E-state index in [9.17, 15) is 9.90 Å². The summed E-state index contributed by atoms with van der Waals surface area (Å²) in [4.78, 5) is 12.5. The lowest BCUT2D eigenvalue weighted by Gasteiger charge is -2.44. The van der Waals surface area contributed by atoms with Gasteiger partial charge in [0.05, 0.1) is 6.10 Å². The molecule has 0 aliphatic heterocycles. The molecular formula is C21H32O2. The Labute approximate surface area is 141 Å². The van der Waals surface area contributed by atoms with Crippen LogP contribution in [-0.2, 0) is 4.79 Å². The van der Waals surface area contributed by atoms with Crippen molar-refractivity contribution in [3.8, 4) is 0 Å². The molecule has 0 spiro atoms. The van der Waals surface area contributed by atoms with Crippen molar-refractivity contribution in [1.82, 2.24) is 0 Å². The number of allylic oxidation sites excluding steroid dienone is 2. The molecule has 4 atom stereocenters. The highest BCUT2D eigenvalue weighted by Gasteiger charge is 2.51. The number of aliphatic hydroxyl groups excluding tert-OH is 1. The monoisotopic (exact) mass is 316 g/mol. The van der Waals surface area contributed by atoms with Crippen molar-refractivity contribution >= 4 is 5.78 Å². The Balaban J connectivity index is 2.45. The lowest BCUT2D eigenvalue weighted by atomic mass is 9.61. The average molecular weight is 316 g/mol. The summed E-state index contributed by atoms with van der Waals surface area (Å²) in [5, 5.41) is 11.1. The van der Waals surface area contributed by atoms with Gasteiger partial charge in [0.2, 0.25) is 0 Å². The van der Waals surface area contributed by atoms with Gasteiger partial charge in [0.25, 0.3) is 0 Å². The maximum absolute atomic E-state index is 12.5. The van der Waals surface area contributed by atoms with Crippen molar-refractivity contribution in [1.29, 1.82) is 0 Å². The summed E-state index contributed by atoms with van der Waals surface area (Å²) >= 11 is 0. The third-order valence-corrected chi connectivity index (χ3v) is 6.50. The van der Waals surface area contributed by atoms with E-state index in [-0.39, 0.29) is 16.6 Å². The van der Waals surface area contributed by atoms with Gasteiger partial charge in [-0.05, 0) is 44.1 Å². The van der Waals surface area contributed by atoms with Gasteiger partial charge in [-0.25, -0.2) is 0 Å². The minimum absolute atomic E-state index is 0.262. The van der Waals surface area contributed by atoms with Crippen molar-refractivity contribution in [3.05, 3.63) is 36.0 Å². The third kappa shape index (κ3) is 2.76. The van der Waals surface area contributed by atoms with Crippen LogP contribution in [0.5, 0.6) is 0 Å². The van der Waals surface area contributed by atoms with Crippen LogP contribution >= 0.6 is 0 Å². The normalized spacial score (nSPS) is 31.5. The Hall–Kier alpha value is -1.15. The average Bonchev–Trinajstić information content (AvgIpc) is 2.88. The van der Waals surface area contributed by atoms with Gasteiger partial charge in [0.1, 0.15) is 0 Å². The molecule has 0 radical (unpaired) electrons. The molecule has 2 aliphatic rings. The van der Waals surface area contributed by atoms with Crippen LogP contribution in [0.4, 0.5) is 0 Å². The van der Waals surface area contributed by atoms with Crippen molar-refractivity contribution < 1.29 is 9.90 Å². The van der Waals surface area contributed by atoms with Crippen LogP contribution in [0.2, 0.25) is 0 Å². The zero-order valence-electron chi connectivity index (χ0n) is 15.2. The highest BCUT2D eigenvalue weighted by molar-refractivity contribution is 6.01. The number of carbonyl (C=O) groups is 1. The van der Waals surface area contributed by atoms with E-state index in [1.807, 2.05) is 6.08 Å². The Bertz CT molecular complexity index is 556. The fourth-order valence-corrected chi connectivity index (χ4v) is 4.65. The predicted octanol–water partition coefficient (Wildman–Crippen LogP) is 4.99. The SMILES string of the molecule is C=C[C@@](C)(CCC)C(O)C(=C)C12CCC(=O)C1=C(C)C(C)CC2. The summed E-state index contributed by atoms with van der Waals surface area (Å²) in [6.45, 7) is 16.7. The van der Waals surface area contributed by atoms with Crippen molar-refractivity contribution in [2.75, 3.05) is 0 Å². The molecule has 0 aromatic carbocycles. The summed E-state index contributed by atoms with van der Waals surface area (Å²) in [5.74, 6) is 0.713. The van der Waals surface area contributed by atoms with E-state index in [0.29, 0.717) is 12.3 Å². The molecule has 0 saturated heterocycles. The largest absolute Gasteiger partial charge is 0.388 e. The zero-order chi connectivity index (χ0) is 17.4. The topological polar surface area (TPSA) is 37.3 Å². The van der Waals surface area contributed by atoms with Gasteiger partial charge in [-0.2, -0.15) is 0 Å². The van der Waals surface area contributed by atoms with Gasteiger partial charge in [-0.1, -0.05) is 45.4 Å². The number of hydrogen-bond acceptors (Lipinski definition) is 2. The molecule has 0 amide bonds. The van der Waals surface area contributed by atoms with Crippen LogP contribution in [0.25, 0.3) is 0 Å². The van der Waals surface area contributed by atoms with Gasteiger partial charge in [-0.3, -0.25) is 4.79 Å². The molecule has 23 heavy (non-hydrogen) atoms. The van der Waals surface area contributed by atoms with Gasteiger partial charge in [-0.15, -0.1) is 6.58 Å². The van der Waals surface area contributed by atoms with Gasteiger partial charge in [0, 0.05) is 22.8 Å². The molecule has 2 rings (SSSR count). The second kappa shape index (κ2) is 6.39. The fraction of sp³-hybridized carbons (Fsp3) is 0.667. The van der Waals surface area contributed by atoms with E-state index < -0.39 is 6.10 Å². The first-order valence-corrected chi connectivity index (χ1v) is 8.99. The lowest BCUT2D eigenvalue weighted by molar-refractivity contribution is -0.114. The van der Waals surface area contributed by atoms with Crippen LogP contribution in [0.1, 0.15) is 66.2 Å². The number of Topliss-reactive ketones (excluding diaryl/α,β-unsaturated/α-hetero) is 1. The number of hydrogen-bond donors (Lipinski definition) is 1. The molecule has 0 heterocycles. The number of carbonyl (C=O) groups excluding carboxylic acids is 1. The molecular weight excluding hydrogens is 284 g/mol. The van der Waals surface area contributed by atoms with Crippen LogP contribution in [-0.4, -0.2) is 17.0 Å². The molecule has 1 saturated carbocycles. The first-order valence-electron chi connectivity index (χ1n) is 8.99. The molecule has 1 N–H and O–H groups in total. The molecule has 1 fully saturated rings. The van der Waals surface area contributed by atoms with Gasteiger partial charge >= 0.3 is 0 Å². The summed E-state index contributed by atoms with van der Waals surface area (Å²) in [7, 11) is 0. The van der Waals surface area contributed by atoms with E-state index in [2.05, 4.69) is 40.9 Å². The number of aliphatic hydroxyl groups is 1. The lowest BCUT2D eigenvalue weighted by Crippen LogP contribution is -2.40. The van der Waals surface area contributed by atoms with E-state index in [1.165, 1.54) is 5.57 Å². The Morgan fingerprint density at radius 2 is 2.17 bits per heavy atom. The fourth-order valence-electron chi connectivity index (χ4n) is 4.65. The van der Waals surface area contributed by atoms with Crippen LogP contribution in [0, 0.1) is 16.7 Å². The first-order chi connectivity index (χ1) is 10.7. The van der Waals surface area contributed by atoms with Crippen LogP contribution in [0.15, 0.2) is 36.0 Å². The molecule has 128 valence electrons.